The van der Waals surface area contributed by atoms with Crippen LogP contribution >= 0.6 is 0 Å². The van der Waals surface area contributed by atoms with Gasteiger partial charge in [-0.25, -0.2) is 0 Å². The number of carboxylic acids is 1. The average Bonchev–Trinajstić information content (AvgIpc) is 3.06. The molecule has 0 radical (unpaired) electrons. The molecule has 1 aliphatic heterocycles. The van der Waals surface area contributed by atoms with E-state index >= 15 is 0 Å². The molecule has 1 aliphatic rings. The zero-order valence-electron chi connectivity index (χ0n) is 13.8. The van der Waals surface area contributed by atoms with Crippen LogP contribution in [0.25, 0.3) is 0 Å². The van der Waals surface area contributed by atoms with Gasteiger partial charge in [-0.1, -0.05) is 18.2 Å². The van der Waals surface area contributed by atoms with Crippen LogP contribution in [0.5, 0.6) is 5.75 Å². The van der Waals surface area contributed by atoms with Gasteiger partial charge in [0.1, 0.15) is 11.8 Å². The zero-order valence-corrected chi connectivity index (χ0v) is 13.8. The van der Waals surface area contributed by atoms with E-state index in [0.717, 1.165) is 30.0 Å². The lowest BCUT2D eigenvalue weighted by atomic mass is 10.00. The molecular weight excluding hydrogens is 304 g/mol. The third-order valence-corrected chi connectivity index (χ3v) is 4.36. The topological polar surface area (TPSA) is 62.7 Å². The zero-order chi connectivity index (χ0) is 16.9. The normalized spacial score (nSPS) is 19.1. The second-order valence-electron chi connectivity index (χ2n) is 5.90. The molecule has 2 aromatic rings. The van der Waals surface area contributed by atoms with Gasteiger partial charge in [0.15, 0.2) is 0 Å². The summed E-state index contributed by atoms with van der Waals surface area (Å²) in [5, 5.41) is 9.58. The first-order chi connectivity index (χ1) is 11.7. The van der Waals surface area contributed by atoms with Gasteiger partial charge in [-0.3, -0.25) is 14.7 Å². The van der Waals surface area contributed by atoms with Crippen LogP contribution in [0.1, 0.15) is 37.1 Å². The molecule has 5 nitrogen and oxygen atoms in total. The van der Waals surface area contributed by atoms with Crippen molar-refractivity contribution in [1.82, 2.24) is 9.88 Å². The number of hydrogen-bond donors (Lipinski definition) is 1. The maximum Gasteiger partial charge on any atom is 0.320 e. The molecule has 0 bridgehead atoms. The predicted octanol–water partition coefficient (Wildman–Crippen LogP) is 3.12. The van der Waals surface area contributed by atoms with Gasteiger partial charge in [-0.2, -0.15) is 0 Å². The van der Waals surface area contributed by atoms with Crippen LogP contribution in [-0.4, -0.2) is 40.2 Å². The number of rotatable bonds is 6. The van der Waals surface area contributed by atoms with E-state index in [1.165, 1.54) is 0 Å². The van der Waals surface area contributed by atoms with Gasteiger partial charge in [-0.15, -0.1) is 0 Å². The van der Waals surface area contributed by atoms with Crippen molar-refractivity contribution in [2.24, 2.45) is 0 Å². The van der Waals surface area contributed by atoms with Gasteiger partial charge in [0.2, 0.25) is 0 Å². The molecule has 0 aliphatic carbocycles. The van der Waals surface area contributed by atoms with Gasteiger partial charge in [0.05, 0.1) is 18.3 Å². The smallest absolute Gasteiger partial charge is 0.320 e. The summed E-state index contributed by atoms with van der Waals surface area (Å²) in [6, 6.07) is 13.0. The second-order valence-corrected chi connectivity index (χ2v) is 5.90. The van der Waals surface area contributed by atoms with Gasteiger partial charge >= 0.3 is 5.97 Å². The van der Waals surface area contributed by atoms with Crippen molar-refractivity contribution in [3.8, 4) is 5.75 Å². The third kappa shape index (κ3) is 3.41. The van der Waals surface area contributed by atoms with Crippen LogP contribution in [0, 0.1) is 0 Å². The van der Waals surface area contributed by atoms with Gasteiger partial charge in [0.25, 0.3) is 0 Å². The second kappa shape index (κ2) is 7.45. The molecule has 3 rings (SSSR count). The minimum atomic E-state index is -0.769. The first-order valence-corrected chi connectivity index (χ1v) is 8.33. The Labute approximate surface area is 141 Å². The van der Waals surface area contributed by atoms with E-state index in [-0.39, 0.29) is 6.04 Å². The number of pyridine rings is 1. The summed E-state index contributed by atoms with van der Waals surface area (Å²) in [7, 11) is 0. The molecule has 5 heteroatoms. The highest BCUT2D eigenvalue weighted by atomic mass is 16.5. The molecule has 0 amide bonds. The van der Waals surface area contributed by atoms with E-state index < -0.39 is 12.0 Å². The number of aromatic nitrogens is 1. The van der Waals surface area contributed by atoms with Crippen molar-refractivity contribution in [3.05, 3.63) is 59.9 Å². The number of hydrogen-bond acceptors (Lipinski definition) is 4. The molecule has 2 heterocycles. The highest BCUT2D eigenvalue weighted by Crippen LogP contribution is 2.35. The number of likely N-dealkylation sites (tertiary alicyclic amines) is 1. The van der Waals surface area contributed by atoms with E-state index in [0.29, 0.717) is 13.0 Å². The monoisotopic (exact) mass is 326 g/mol. The molecule has 0 saturated carbocycles. The lowest BCUT2D eigenvalue weighted by Gasteiger charge is -2.31. The Morgan fingerprint density at radius 3 is 2.96 bits per heavy atom. The molecule has 2 atom stereocenters. The Morgan fingerprint density at radius 2 is 2.25 bits per heavy atom. The summed E-state index contributed by atoms with van der Waals surface area (Å²) < 4.78 is 5.61. The minimum absolute atomic E-state index is 0.185. The lowest BCUT2D eigenvalue weighted by Crippen LogP contribution is -2.39. The maximum absolute atomic E-state index is 11.7. The summed E-state index contributed by atoms with van der Waals surface area (Å²) in [4.78, 5) is 18.2. The Balaban J connectivity index is 2.03. The molecule has 0 spiro atoms. The van der Waals surface area contributed by atoms with E-state index in [4.69, 9.17) is 4.74 Å². The summed E-state index contributed by atoms with van der Waals surface area (Å²) in [5.41, 5.74) is 1.87. The Morgan fingerprint density at radius 1 is 1.38 bits per heavy atom. The van der Waals surface area contributed by atoms with Gasteiger partial charge in [0, 0.05) is 12.7 Å². The molecular formula is C19H22N2O3. The fourth-order valence-electron chi connectivity index (χ4n) is 3.37. The number of nitrogens with zero attached hydrogens (tertiary/aromatic N) is 2. The van der Waals surface area contributed by atoms with Crippen molar-refractivity contribution in [1.29, 1.82) is 0 Å². The van der Waals surface area contributed by atoms with Crippen LogP contribution in [0.4, 0.5) is 0 Å². The number of carbonyl (C=O) groups is 1. The molecule has 1 fully saturated rings. The molecule has 1 aromatic carbocycles. The van der Waals surface area contributed by atoms with Crippen molar-refractivity contribution in [2.45, 2.75) is 31.8 Å². The highest BCUT2D eigenvalue weighted by Gasteiger charge is 2.37. The Kier molecular flexibility index (Phi) is 5.11. The lowest BCUT2D eigenvalue weighted by molar-refractivity contribution is -0.142. The fraction of sp³-hybridized carbons (Fsp3) is 0.368. The Bertz CT molecular complexity index is 690. The van der Waals surface area contributed by atoms with Crippen LogP contribution in [-0.2, 0) is 4.79 Å². The number of carboxylic acid groups (broad SMARTS) is 1. The summed E-state index contributed by atoms with van der Waals surface area (Å²) >= 11 is 0. The standard InChI is InChI=1S/C19H22N2O3/c1-2-24-15-8-5-7-14(13-15)18(16-9-3-4-11-20-16)21-12-6-10-17(21)19(22)23/h3-5,7-9,11,13,17-18H,2,6,10,12H2,1H3,(H,22,23). The predicted molar refractivity (Wildman–Crippen MR) is 91.1 cm³/mol. The minimum Gasteiger partial charge on any atom is -0.494 e. The molecule has 1 saturated heterocycles. The first kappa shape index (κ1) is 16.5. The summed E-state index contributed by atoms with van der Waals surface area (Å²) in [5.74, 6) is 0.0244. The van der Waals surface area contributed by atoms with E-state index in [9.17, 15) is 9.90 Å². The highest BCUT2D eigenvalue weighted by molar-refractivity contribution is 5.74. The average molecular weight is 326 g/mol. The molecule has 1 aromatic heterocycles. The molecule has 1 N–H and O–H groups in total. The van der Waals surface area contributed by atoms with Crippen LogP contribution in [0.2, 0.25) is 0 Å². The van der Waals surface area contributed by atoms with Crippen LogP contribution < -0.4 is 4.74 Å². The van der Waals surface area contributed by atoms with Gasteiger partial charge in [-0.05, 0) is 49.6 Å². The quantitative estimate of drug-likeness (QED) is 0.884. The van der Waals surface area contributed by atoms with E-state index in [1.54, 1.807) is 6.20 Å². The Hall–Kier alpha value is -2.40. The van der Waals surface area contributed by atoms with Crippen molar-refractivity contribution in [2.75, 3.05) is 13.2 Å². The number of benzene rings is 1. The largest absolute Gasteiger partial charge is 0.494 e. The molecule has 126 valence electrons. The number of aliphatic carboxylic acids is 1. The first-order valence-electron chi connectivity index (χ1n) is 8.33. The summed E-state index contributed by atoms with van der Waals surface area (Å²) in [6.07, 6.45) is 3.30. The van der Waals surface area contributed by atoms with Crippen LogP contribution in [0.15, 0.2) is 48.7 Å². The SMILES string of the molecule is CCOc1cccc(C(c2ccccn2)N2CCCC2C(=O)O)c1. The summed E-state index contributed by atoms with van der Waals surface area (Å²) in [6.45, 7) is 3.29. The van der Waals surface area contributed by atoms with Crippen molar-refractivity contribution >= 4 is 5.97 Å². The molecule has 2 unspecified atom stereocenters. The van der Waals surface area contributed by atoms with Crippen LogP contribution in [0.3, 0.4) is 0 Å². The number of ether oxygens (including phenoxy) is 1. The van der Waals surface area contributed by atoms with Gasteiger partial charge < -0.3 is 9.84 Å². The maximum atomic E-state index is 11.7. The third-order valence-electron chi connectivity index (χ3n) is 4.36. The van der Waals surface area contributed by atoms with Crippen molar-refractivity contribution < 1.29 is 14.6 Å². The van der Waals surface area contributed by atoms with E-state index in [2.05, 4.69) is 4.98 Å². The van der Waals surface area contributed by atoms with Crippen molar-refractivity contribution in [3.63, 3.8) is 0 Å². The fourth-order valence-corrected chi connectivity index (χ4v) is 3.37. The van der Waals surface area contributed by atoms with E-state index in [1.807, 2.05) is 54.3 Å². The molecule has 24 heavy (non-hydrogen) atoms.